The van der Waals surface area contributed by atoms with Crippen molar-refractivity contribution in [2.75, 3.05) is 0 Å². The molecule has 1 nitrogen and oxygen atoms in total. The fraction of sp³-hybridized carbons (Fsp3) is 0.0909. The van der Waals surface area contributed by atoms with Gasteiger partial charge in [0.2, 0.25) is 0 Å². The number of rotatable bonds is 3. The standard InChI is InChI=1S/C11H12OS/c1-2-3-7-10-13(12)11-8-5-4-6-9-11/h2-10H,1H3/b3-2+,10-7+/t13-/m0/s1. The van der Waals surface area contributed by atoms with Crippen LogP contribution in [0.2, 0.25) is 0 Å². The normalized spacial score (nSPS) is 13.9. The molecule has 1 aromatic carbocycles. The van der Waals surface area contributed by atoms with Gasteiger partial charge in [-0.3, -0.25) is 0 Å². The van der Waals surface area contributed by atoms with E-state index in [1.165, 1.54) is 0 Å². The second-order valence-electron chi connectivity index (χ2n) is 2.46. The third-order valence-electron chi connectivity index (χ3n) is 1.48. The molecular weight excluding hydrogens is 180 g/mol. The van der Waals surface area contributed by atoms with Gasteiger partial charge in [-0.15, -0.1) is 0 Å². The summed E-state index contributed by atoms with van der Waals surface area (Å²) >= 11 is 0. The van der Waals surface area contributed by atoms with Crippen LogP contribution in [0.4, 0.5) is 0 Å². The molecule has 1 rings (SSSR count). The minimum absolute atomic E-state index is 0.836. The first-order chi connectivity index (χ1) is 6.34. The highest BCUT2D eigenvalue weighted by Crippen LogP contribution is 2.05. The molecular formula is C11H12OS. The van der Waals surface area contributed by atoms with Gasteiger partial charge in [0, 0.05) is 10.3 Å². The van der Waals surface area contributed by atoms with Crippen molar-refractivity contribution in [3.63, 3.8) is 0 Å². The summed E-state index contributed by atoms with van der Waals surface area (Å²) < 4.78 is 11.5. The highest BCUT2D eigenvalue weighted by atomic mass is 32.2. The first-order valence-electron chi connectivity index (χ1n) is 4.09. The molecule has 0 heterocycles. The van der Waals surface area contributed by atoms with E-state index in [0.717, 1.165) is 4.90 Å². The lowest BCUT2D eigenvalue weighted by molar-refractivity contribution is 0.688. The quantitative estimate of drug-likeness (QED) is 0.673. The second-order valence-corrected chi connectivity index (χ2v) is 3.80. The summed E-state index contributed by atoms with van der Waals surface area (Å²) in [5, 5.41) is 1.68. The summed E-state index contributed by atoms with van der Waals surface area (Å²) in [6.07, 6.45) is 5.56. The molecule has 0 saturated heterocycles. The summed E-state index contributed by atoms with van der Waals surface area (Å²) in [5.74, 6) is 0. The molecule has 0 amide bonds. The molecule has 0 aliphatic carbocycles. The summed E-state index contributed by atoms with van der Waals surface area (Å²) in [6.45, 7) is 1.93. The summed E-state index contributed by atoms with van der Waals surface area (Å²) in [5.41, 5.74) is 0. The van der Waals surface area contributed by atoms with Gasteiger partial charge < -0.3 is 0 Å². The topological polar surface area (TPSA) is 17.1 Å². The molecule has 0 spiro atoms. The van der Waals surface area contributed by atoms with Crippen molar-refractivity contribution in [1.82, 2.24) is 0 Å². The van der Waals surface area contributed by atoms with Gasteiger partial charge in [0.15, 0.2) is 0 Å². The molecule has 0 bridgehead atoms. The van der Waals surface area contributed by atoms with E-state index < -0.39 is 10.8 Å². The van der Waals surface area contributed by atoms with Crippen LogP contribution < -0.4 is 0 Å². The van der Waals surface area contributed by atoms with Crippen LogP contribution in [-0.4, -0.2) is 4.21 Å². The van der Waals surface area contributed by atoms with Gasteiger partial charge in [-0.05, 0) is 19.1 Å². The summed E-state index contributed by atoms with van der Waals surface area (Å²) in [4.78, 5) is 0.836. The van der Waals surface area contributed by atoms with Gasteiger partial charge in [0.1, 0.15) is 0 Å². The van der Waals surface area contributed by atoms with Gasteiger partial charge in [0.25, 0.3) is 0 Å². The maximum Gasteiger partial charge on any atom is 0.0775 e. The fourth-order valence-electron chi connectivity index (χ4n) is 0.861. The highest BCUT2D eigenvalue weighted by Gasteiger charge is 1.95. The molecule has 0 fully saturated rings. The first-order valence-corrected chi connectivity index (χ1v) is 5.31. The van der Waals surface area contributed by atoms with Crippen molar-refractivity contribution in [3.8, 4) is 0 Å². The minimum atomic E-state index is -1.02. The van der Waals surface area contributed by atoms with Crippen LogP contribution in [0.5, 0.6) is 0 Å². The third kappa shape index (κ3) is 3.38. The molecule has 0 unspecified atom stereocenters. The Morgan fingerprint density at radius 2 is 1.85 bits per heavy atom. The van der Waals surface area contributed by atoms with Gasteiger partial charge in [-0.1, -0.05) is 36.4 Å². The van der Waals surface area contributed by atoms with Crippen LogP contribution in [0.3, 0.4) is 0 Å². The largest absolute Gasteiger partial charge is 0.250 e. The zero-order chi connectivity index (χ0) is 9.52. The van der Waals surface area contributed by atoms with Gasteiger partial charge in [-0.2, -0.15) is 0 Å². The highest BCUT2D eigenvalue weighted by molar-refractivity contribution is 7.88. The summed E-state index contributed by atoms with van der Waals surface area (Å²) in [7, 11) is -1.02. The van der Waals surface area contributed by atoms with Gasteiger partial charge >= 0.3 is 0 Å². The van der Waals surface area contributed by atoms with E-state index in [1.54, 1.807) is 11.5 Å². The molecule has 2 heteroatoms. The van der Waals surface area contributed by atoms with Crippen LogP contribution in [0.1, 0.15) is 6.92 Å². The van der Waals surface area contributed by atoms with Crippen molar-refractivity contribution in [1.29, 1.82) is 0 Å². The van der Waals surface area contributed by atoms with E-state index in [-0.39, 0.29) is 0 Å². The maximum atomic E-state index is 11.5. The molecule has 13 heavy (non-hydrogen) atoms. The Morgan fingerprint density at radius 1 is 1.15 bits per heavy atom. The smallest absolute Gasteiger partial charge is 0.0775 e. The Balaban J connectivity index is 2.70. The Morgan fingerprint density at radius 3 is 2.46 bits per heavy atom. The second kappa shape index (κ2) is 5.49. The predicted molar refractivity (Wildman–Crippen MR) is 56.8 cm³/mol. The number of hydrogen-bond donors (Lipinski definition) is 0. The Hall–Kier alpha value is -1.15. The SMILES string of the molecule is C/C=C/C=C/[S@](=O)c1ccccc1. The van der Waals surface area contributed by atoms with Crippen molar-refractivity contribution < 1.29 is 4.21 Å². The molecule has 0 radical (unpaired) electrons. The molecule has 0 N–H and O–H groups in total. The molecule has 1 aromatic rings. The van der Waals surface area contributed by atoms with E-state index in [9.17, 15) is 4.21 Å². The lowest BCUT2D eigenvalue weighted by Crippen LogP contribution is -1.83. The Kier molecular flexibility index (Phi) is 4.19. The first kappa shape index (κ1) is 9.93. The van der Waals surface area contributed by atoms with E-state index >= 15 is 0 Å². The van der Waals surface area contributed by atoms with Crippen molar-refractivity contribution in [3.05, 3.63) is 54.0 Å². The fourth-order valence-corrected chi connectivity index (χ4v) is 1.68. The lowest BCUT2D eigenvalue weighted by atomic mass is 10.4. The van der Waals surface area contributed by atoms with Crippen LogP contribution in [-0.2, 0) is 10.8 Å². The summed E-state index contributed by atoms with van der Waals surface area (Å²) in [6, 6.07) is 9.40. The monoisotopic (exact) mass is 192 g/mol. The lowest BCUT2D eigenvalue weighted by Gasteiger charge is -1.93. The zero-order valence-corrected chi connectivity index (χ0v) is 8.33. The molecule has 0 aliphatic heterocycles. The average Bonchev–Trinajstić information content (AvgIpc) is 2.19. The van der Waals surface area contributed by atoms with Gasteiger partial charge in [0.05, 0.1) is 10.8 Å². The Labute approximate surface area is 81.3 Å². The average molecular weight is 192 g/mol. The van der Waals surface area contributed by atoms with Crippen LogP contribution in [0.25, 0.3) is 0 Å². The van der Waals surface area contributed by atoms with Crippen LogP contribution >= 0.6 is 0 Å². The van der Waals surface area contributed by atoms with Crippen molar-refractivity contribution >= 4 is 10.8 Å². The molecule has 0 aromatic heterocycles. The number of benzene rings is 1. The van der Waals surface area contributed by atoms with Crippen molar-refractivity contribution in [2.45, 2.75) is 11.8 Å². The number of allylic oxidation sites excluding steroid dienone is 3. The van der Waals surface area contributed by atoms with E-state index in [2.05, 4.69) is 0 Å². The Bertz CT molecular complexity index is 325. The third-order valence-corrected chi connectivity index (χ3v) is 2.62. The van der Waals surface area contributed by atoms with E-state index in [4.69, 9.17) is 0 Å². The van der Waals surface area contributed by atoms with Gasteiger partial charge in [-0.25, -0.2) is 4.21 Å². The predicted octanol–water partition coefficient (Wildman–Crippen LogP) is 2.88. The number of hydrogen-bond acceptors (Lipinski definition) is 1. The van der Waals surface area contributed by atoms with Crippen molar-refractivity contribution in [2.24, 2.45) is 0 Å². The maximum absolute atomic E-state index is 11.5. The molecule has 0 saturated carbocycles. The van der Waals surface area contributed by atoms with E-state index in [1.807, 2.05) is 49.4 Å². The molecule has 1 atom stereocenters. The van der Waals surface area contributed by atoms with Crippen LogP contribution in [0, 0.1) is 0 Å². The zero-order valence-electron chi connectivity index (χ0n) is 7.51. The van der Waals surface area contributed by atoms with E-state index in [0.29, 0.717) is 0 Å². The minimum Gasteiger partial charge on any atom is -0.250 e. The molecule has 0 aliphatic rings. The molecule has 68 valence electrons. The van der Waals surface area contributed by atoms with Crippen LogP contribution in [0.15, 0.2) is 58.9 Å².